The van der Waals surface area contributed by atoms with Gasteiger partial charge in [-0.3, -0.25) is 4.79 Å². The Morgan fingerprint density at radius 1 is 1.19 bits per heavy atom. The third kappa shape index (κ3) is 4.58. The van der Waals surface area contributed by atoms with Crippen LogP contribution in [0.5, 0.6) is 0 Å². The number of aromatic nitrogens is 2. The van der Waals surface area contributed by atoms with Crippen molar-refractivity contribution in [1.29, 1.82) is 0 Å². The normalized spacial score (nSPS) is 10.4. The van der Waals surface area contributed by atoms with E-state index in [1.165, 1.54) is 0 Å². The lowest BCUT2D eigenvalue weighted by Crippen LogP contribution is -2.37. The van der Waals surface area contributed by atoms with Crippen LogP contribution < -0.4 is 10.2 Å². The fourth-order valence-corrected chi connectivity index (χ4v) is 1.98. The monoisotopic (exact) mass is 293 g/mol. The fourth-order valence-electron chi connectivity index (χ4n) is 1.98. The topological polar surface area (TPSA) is 61.4 Å². The number of anilines is 2. The number of carbonyl (C=O) groups excluding carboxylic acids is 1. The van der Waals surface area contributed by atoms with Gasteiger partial charge in [-0.1, -0.05) is 6.92 Å². The largest absolute Gasteiger partial charge is 0.370 e. The summed E-state index contributed by atoms with van der Waals surface area (Å²) >= 11 is 0. The Morgan fingerprint density at radius 3 is 2.38 bits per heavy atom. The van der Waals surface area contributed by atoms with Crippen LogP contribution in [-0.2, 0) is 4.79 Å². The number of hydrogen-bond donors (Lipinski definition) is 1. The SMILES string of the molecule is CCCNc1nc(C)nc(N(CC)CC(=O)N(C)C)c1C. The molecule has 21 heavy (non-hydrogen) atoms. The molecule has 0 fully saturated rings. The molecule has 0 aliphatic carbocycles. The number of carbonyl (C=O) groups is 1. The lowest BCUT2D eigenvalue weighted by atomic mass is 10.2. The Kier molecular flexibility index (Phi) is 6.39. The second-order valence-electron chi connectivity index (χ2n) is 5.30. The molecule has 1 amide bonds. The Labute approximate surface area is 127 Å². The maximum absolute atomic E-state index is 12.0. The smallest absolute Gasteiger partial charge is 0.241 e. The molecule has 6 nitrogen and oxygen atoms in total. The lowest BCUT2D eigenvalue weighted by Gasteiger charge is -2.25. The molecule has 0 aliphatic rings. The summed E-state index contributed by atoms with van der Waals surface area (Å²) in [5.74, 6) is 2.47. The van der Waals surface area contributed by atoms with E-state index in [0.717, 1.165) is 36.7 Å². The highest BCUT2D eigenvalue weighted by atomic mass is 16.2. The molecule has 0 saturated carbocycles. The van der Waals surface area contributed by atoms with E-state index < -0.39 is 0 Å². The quantitative estimate of drug-likeness (QED) is 0.831. The van der Waals surface area contributed by atoms with Crippen molar-refractivity contribution in [2.45, 2.75) is 34.1 Å². The molecule has 1 aromatic heterocycles. The van der Waals surface area contributed by atoms with Crippen LogP contribution in [0.25, 0.3) is 0 Å². The molecule has 1 aromatic rings. The highest BCUT2D eigenvalue weighted by Gasteiger charge is 2.17. The van der Waals surface area contributed by atoms with Crippen molar-refractivity contribution < 1.29 is 4.79 Å². The van der Waals surface area contributed by atoms with Gasteiger partial charge in [0.1, 0.15) is 17.5 Å². The van der Waals surface area contributed by atoms with Crippen LogP contribution in [0.3, 0.4) is 0 Å². The van der Waals surface area contributed by atoms with Crippen molar-refractivity contribution in [3.05, 3.63) is 11.4 Å². The van der Waals surface area contributed by atoms with Crippen molar-refractivity contribution >= 4 is 17.5 Å². The van der Waals surface area contributed by atoms with Gasteiger partial charge >= 0.3 is 0 Å². The van der Waals surface area contributed by atoms with Crippen LogP contribution in [0.4, 0.5) is 11.6 Å². The van der Waals surface area contributed by atoms with Crippen LogP contribution in [0.15, 0.2) is 0 Å². The first kappa shape index (κ1) is 17.2. The zero-order valence-corrected chi connectivity index (χ0v) is 14.0. The standard InChI is InChI=1S/C15H27N5O/c1-7-9-16-14-11(3)15(18-12(4)17-14)20(8-2)10-13(21)19(5)6/h7-10H2,1-6H3,(H,16,17,18). The van der Waals surface area contributed by atoms with Crippen LogP contribution in [0.1, 0.15) is 31.7 Å². The predicted molar refractivity (Wildman–Crippen MR) is 86.9 cm³/mol. The van der Waals surface area contributed by atoms with Crippen LogP contribution in [0.2, 0.25) is 0 Å². The number of nitrogens with zero attached hydrogens (tertiary/aromatic N) is 4. The zero-order valence-electron chi connectivity index (χ0n) is 14.0. The van der Waals surface area contributed by atoms with Crippen LogP contribution >= 0.6 is 0 Å². The lowest BCUT2D eigenvalue weighted by molar-refractivity contribution is -0.127. The Balaban J connectivity index is 3.08. The second kappa shape index (κ2) is 7.81. The molecule has 1 N–H and O–H groups in total. The van der Waals surface area contributed by atoms with Gasteiger partial charge in [-0.05, 0) is 27.2 Å². The number of aryl methyl sites for hydroxylation is 1. The van der Waals surface area contributed by atoms with Gasteiger partial charge in [-0.2, -0.15) is 0 Å². The zero-order chi connectivity index (χ0) is 16.0. The first-order valence-electron chi connectivity index (χ1n) is 7.44. The third-order valence-electron chi connectivity index (χ3n) is 3.28. The summed E-state index contributed by atoms with van der Waals surface area (Å²) in [6.45, 7) is 9.94. The molecule has 0 aliphatic heterocycles. The average Bonchev–Trinajstić information content (AvgIpc) is 2.45. The molecule has 0 spiro atoms. The molecule has 0 atom stereocenters. The fraction of sp³-hybridized carbons (Fsp3) is 0.667. The summed E-state index contributed by atoms with van der Waals surface area (Å²) in [7, 11) is 3.53. The molecule has 1 rings (SSSR count). The van der Waals surface area contributed by atoms with E-state index in [1.54, 1.807) is 19.0 Å². The molecular weight excluding hydrogens is 266 g/mol. The summed E-state index contributed by atoms with van der Waals surface area (Å²) < 4.78 is 0. The number of nitrogens with one attached hydrogen (secondary N) is 1. The van der Waals surface area contributed by atoms with Gasteiger partial charge in [0.05, 0.1) is 6.54 Å². The molecule has 0 saturated heterocycles. The van der Waals surface area contributed by atoms with Crippen LogP contribution in [-0.4, -0.2) is 54.5 Å². The van der Waals surface area contributed by atoms with Crippen molar-refractivity contribution in [3.8, 4) is 0 Å². The first-order chi connectivity index (χ1) is 9.90. The molecule has 0 bridgehead atoms. The Bertz CT molecular complexity index is 487. The molecule has 118 valence electrons. The minimum absolute atomic E-state index is 0.0654. The third-order valence-corrected chi connectivity index (χ3v) is 3.28. The first-order valence-corrected chi connectivity index (χ1v) is 7.44. The van der Waals surface area contributed by atoms with E-state index in [2.05, 4.69) is 22.2 Å². The van der Waals surface area contributed by atoms with E-state index in [4.69, 9.17) is 0 Å². The number of rotatable bonds is 7. The van der Waals surface area contributed by atoms with Crippen molar-refractivity contribution in [2.24, 2.45) is 0 Å². The molecule has 1 heterocycles. The van der Waals surface area contributed by atoms with Gasteiger partial charge in [-0.25, -0.2) is 9.97 Å². The predicted octanol–water partition coefficient (Wildman–Crippen LogP) is 1.83. The number of likely N-dealkylation sites (N-methyl/N-ethyl adjacent to an activating group) is 2. The van der Waals surface area contributed by atoms with E-state index >= 15 is 0 Å². The highest BCUT2D eigenvalue weighted by molar-refractivity contribution is 5.81. The summed E-state index contributed by atoms with van der Waals surface area (Å²) in [6.07, 6.45) is 1.04. The van der Waals surface area contributed by atoms with Gasteiger partial charge in [0.2, 0.25) is 5.91 Å². The average molecular weight is 293 g/mol. The summed E-state index contributed by atoms with van der Waals surface area (Å²) in [4.78, 5) is 24.5. The second-order valence-corrected chi connectivity index (χ2v) is 5.30. The maximum Gasteiger partial charge on any atom is 0.241 e. The van der Waals surface area contributed by atoms with E-state index in [0.29, 0.717) is 12.4 Å². The molecular formula is C15H27N5O. The van der Waals surface area contributed by atoms with E-state index in [9.17, 15) is 4.79 Å². The minimum Gasteiger partial charge on any atom is -0.370 e. The molecule has 0 radical (unpaired) electrons. The minimum atomic E-state index is 0.0654. The molecule has 0 unspecified atom stereocenters. The van der Waals surface area contributed by atoms with Crippen LogP contribution in [0, 0.1) is 13.8 Å². The Morgan fingerprint density at radius 2 is 1.86 bits per heavy atom. The van der Waals surface area contributed by atoms with Gasteiger partial charge in [0.15, 0.2) is 0 Å². The van der Waals surface area contributed by atoms with Gasteiger partial charge < -0.3 is 15.1 Å². The van der Waals surface area contributed by atoms with Gasteiger partial charge in [0, 0.05) is 32.7 Å². The Hall–Kier alpha value is -1.85. The van der Waals surface area contributed by atoms with E-state index in [-0.39, 0.29) is 5.91 Å². The number of hydrogen-bond acceptors (Lipinski definition) is 5. The highest BCUT2D eigenvalue weighted by Crippen LogP contribution is 2.23. The number of amides is 1. The molecule has 6 heteroatoms. The van der Waals surface area contributed by atoms with E-state index in [1.807, 2.05) is 25.7 Å². The maximum atomic E-state index is 12.0. The van der Waals surface area contributed by atoms with Crippen molar-refractivity contribution in [3.63, 3.8) is 0 Å². The summed E-state index contributed by atoms with van der Waals surface area (Å²) in [5, 5.41) is 3.33. The molecule has 0 aromatic carbocycles. The summed E-state index contributed by atoms with van der Waals surface area (Å²) in [5.41, 5.74) is 0.988. The van der Waals surface area contributed by atoms with Gasteiger partial charge in [0.25, 0.3) is 0 Å². The van der Waals surface area contributed by atoms with Gasteiger partial charge in [-0.15, -0.1) is 0 Å². The summed E-state index contributed by atoms with van der Waals surface area (Å²) in [6, 6.07) is 0. The van der Waals surface area contributed by atoms with Crippen molar-refractivity contribution in [2.75, 3.05) is 43.9 Å². The van der Waals surface area contributed by atoms with Crippen molar-refractivity contribution in [1.82, 2.24) is 14.9 Å².